The number of rotatable bonds is 6. The summed E-state index contributed by atoms with van der Waals surface area (Å²) in [6.07, 6.45) is 1.39. The van der Waals surface area contributed by atoms with E-state index in [0.29, 0.717) is 28.6 Å². The van der Waals surface area contributed by atoms with E-state index in [0.717, 1.165) is 12.5 Å². The molecule has 1 aliphatic rings. The van der Waals surface area contributed by atoms with Crippen molar-refractivity contribution in [1.82, 2.24) is 10.3 Å². The number of hydrogen-bond donors (Lipinski definition) is 4. The molecule has 9 heteroatoms. The molecule has 0 aromatic carbocycles. The molecule has 0 saturated carbocycles. The van der Waals surface area contributed by atoms with Crippen molar-refractivity contribution in [3.05, 3.63) is 28.2 Å². The summed E-state index contributed by atoms with van der Waals surface area (Å²) in [5.74, 6) is 0.0465. The van der Waals surface area contributed by atoms with Crippen LogP contribution in [0.3, 0.4) is 0 Å². The molecule has 2 unspecified atom stereocenters. The van der Waals surface area contributed by atoms with Crippen LogP contribution >= 0.6 is 11.8 Å². The van der Waals surface area contributed by atoms with Crippen molar-refractivity contribution in [2.24, 2.45) is 10.1 Å². The smallest absolute Gasteiger partial charge is 0.251 e. The Labute approximate surface area is 143 Å². The number of carbonyl (C=O) groups is 1. The lowest BCUT2D eigenvalue weighted by atomic mass is 10.1. The molecule has 1 aromatic rings. The molecule has 1 amide bonds. The van der Waals surface area contributed by atoms with Crippen molar-refractivity contribution >= 4 is 28.4 Å². The van der Waals surface area contributed by atoms with Crippen molar-refractivity contribution in [2.75, 3.05) is 5.75 Å². The third-order valence-electron chi connectivity index (χ3n) is 3.53. The highest BCUT2D eigenvalue weighted by Crippen LogP contribution is 2.22. The molecule has 8 nitrogen and oxygen atoms in total. The van der Waals surface area contributed by atoms with Crippen molar-refractivity contribution in [3.63, 3.8) is 0 Å². The average Bonchev–Trinajstić information content (AvgIpc) is 3.02. The highest BCUT2D eigenvalue weighted by atomic mass is 32.2. The van der Waals surface area contributed by atoms with Gasteiger partial charge >= 0.3 is 0 Å². The van der Waals surface area contributed by atoms with E-state index in [1.54, 1.807) is 6.92 Å². The van der Waals surface area contributed by atoms with Gasteiger partial charge in [0.05, 0.1) is 6.04 Å². The van der Waals surface area contributed by atoms with Gasteiger partial charge in [0.25, 0.3) is 5.56 Å². The molecule has 0 spiro atoms. The fourth-order valence-electron chi connectivity index (χ4n) is 2.35. The maximum atomic E-state index is 12.4. The number of nitrogens with one attached hydrogen (secondary N) is 2. The van der Waals surface area contributed by atoms with Crippen molar-refractivity contribution < 1.29 is 15.1 Å². The summed E-state index contributed by atoms with van der Waals surface area (Å²) in [5, 5.41) is 24.8. The molecule has 1 aromatic heterocycles. The number of nitrogens with zero attached hydrogens (tertiary/aromatic N) is 2. The number of pyridine rings is 1. The Morgan fingerprint density at radius 1 is 1.58 bits per heavy atom. The monoisotopic (exact) mass is 352 g/mol. The molecule has 2 atom stereocenters. The van der Waals surface area contributed by atoms with E-state index in [4.69, 9.17) is 5.21 Å². The van der Waals surface area contributed by atoms with E-state index < -0.39 is 17.6 Å². The van der Waals surface area contributed by atoms with Gasteiger partial charge in [0.15, 0.2) is 0 Å². The first kappa shape index (κ1) is 18.1. The van der Waals surface area contributed by atoms with Crippen LogP contribution in [0, 0.1) is 0 Å². The van der Waals surface area contributed by atoms with E-state index in [-0.39, 0.29) is 11.7 Å². The van der Waals surface area contributed by atoms with Crippen LogP contribution in [-0.4, -0.2) is 43.8 Å². The Morgan fingerprint density at radius 2 is 2.33 bits per heavy atom. The summed E-state index contributed by atoms with van der Waals surface area (Å²) in [6, 6.07) is 1.52. The van der Waals surface area contributed by atoms with E-state index in [9.17, 15) is 14.7 Å². The number of aromatic amines is 1. The van der Waals surface area contributed by atoms with Gasteiger partial charge in [-0.25, -0.2) is 0 Å². The highest BCUT2D eigenvalue weighted by molar-refractivity contribution is 8.16. The van der Waals surface area contributed by atoms with Gasteiger partial charge in [0, 0.05) is 23.6 Å². The number of oxime groups is 1. The minimum absolute atomic E-state index is 0.143. The summed E-state index contributed by atoms with van der Waals surface area (Å²) in [4.78, 5) is 30.9. The minimum Gasteiger partial charge on any atom is -0.508 e. The second-order valence-electron chi connectivity index (χ2n) is 5.45. The maximum absolute atomic E-state index is 12.4. The number of carbonyl (C=O) groups excluding carboxylic acids is 1. The van der Waals surface area contributed by atoms with E-state index >= 15 is 0 Å². The lowest BCUT2D eigenvalue weighted by molar-refractivity contribution is -0.122. The summed E-state index contributed by atoms with van der Waals surface area (Å²) in [7, 11) is 0. The zero-order chi connectivity index (χ0) is 17.7. The standard InChI is InChI=1S/C15H20N4O4S/c1-3-4-10(11-5-9(20)6-13(21)16-11)17-14(22)12-7-24-15(18-12)8(2)19-23/h5-6,10,12,23H,3-4,7H2,1-2H3,(H,17,22)(H2,16,20,21)/b19-8-. The molecule has 0 saturated heterocycles. The molecule has 4 N–H and O–H groups in total. The van der Waals surface area contributed by atoms with Crippen molar-refractivity contribution in [3.8, 4) is 5.75 Å². The van der Waals surface area contributed by atoms with Gasteiger partial charge < -0.3 is 20.6 Å². The first-order valence-electron chi connectivity index (χ1n) is 7.57. The third kappa shape index (κ3) is 4.38. The Bertz CT molecular complexity index is 728. The Morgan fingerprint density at radius 3 is 2.96 bits per heavy atom. The SMILES string of the molecule is CCCC(NC(=O)C1CSC(/C(C)=N\O)=N1)c1cc(O)cc(=O)[nH]1. The molecule has 0 radical (unpaired) electrons. The number of aliphatic imine (C=N–C) groups is 1. The summed E-state index contributed by atoms with van der Waals surface area (Å²) in [6.45, 7) is 3.58. The maximum Gasteiger partial charge on any atom is 0.251 e. The molecule has 24 heavy (non-hydrogen) atoms. The van der Waals surface area contributed by atoms with Gasteiger partial charge in [0.2, 0.25) is 5.91 Å². The first-order valence-corrected chi connectivity index (χ1v) is 8.56. The minimum atomic E-state index is -0.579. The summed E-state index contributed by atoms with van der Waals surface area (Å²) in [5.41, 5.74) is 0.405. The van der Waals surface area contributed by atoms with Crippen LogP contribution < -0.4 is 10.9 Å². The molecule has 2 rings (SSSR count). The number of H-pyrrole nitrogens is 1. The predicted octanol–water partition coefficient (Wildman–Crippen LogP) is 1.40. The quantitative estimate of drug-likeness (QED) is 0.350. The topological polar surface area (TPSA) is 127 Å². The lowest BCUT2D eigenvalue weighted by Crippen LogP contribution is -2.37. The Hall–Kier alpha value is -2.29. The van der Waals surface area contributed by atoms with Crippen LogP contribution in [-0.2, 0) is 4.79 Å². The fraction of sp³-hybridized carbons (Fsp3) is 0.467. The van der Waals surface area contributed by atoms with Gasteiger partial charge in [-0.05, 0) is 13.3 Å². The van der Waals surface area contributed by atoms with Gasteiger partial charge in [-0.3, -0.25) is 14.6 Å². The second kappa shape index (κ2) is 8.00. The van der Waals surface area contributed by atoms with Crippen LogP contribution in [0.15, 0.2) is 27.1 Å². The molecular weight excluding hydrogens is 332 g/mol. The zero-order valence-corrected chi connectivity index (χ0v) is 14.3. The molecule has 0 aliphatic carbocycles. The number of hydrogen-bond acceptors (Lipinski definition) is 7. The molecule has 0 fully saturated rings. The number of amides is 1. The summed E-state index contributed by atoms with van der Waals surface area (Å²) < 4.78 is 0. The van der Waals surface area contributed by atoms with Crippen molar-refractivity contribution in [2.45, 2.75) is 38.8 Å². The van der Waals surface area contributed by atoms with Crippen LogP contribution in [0.25, 0.3) is 0 Å². The number of aromatic hydroxyl groups is 1. The van der Waals surface area contributed by atoms with Crippen LogP contribution in [0.1, 0.15) is 38.4 Å². The highest BCUT2D eigenvalue weighted by Gasteiger charge is 2.28. The van der Waals surface area contributed by atoms with Crippen molar-refractivity contribution in [1.29, 1.82) is 0 Å². The molecule has 0 bridgehead atoms. The van der Waals surface area contributed by atoms with E-state index in [1.165, 1.54) is 17.8 Å². The normalized spacial score (nSPS) is 19.0. The first-order chi connectivity index (χ1) is 11.4. The molecule has 130 valence electrons. The number of thioether (sulfide) groups is 1. The predicted molar refractivity (Wildman–Crippen MR) is 93.1 cm³/mol. The van der Waals surface area contributed by atoms with Crippen LogP contribution in [0.2, 0.25) is 0 Å². The molecular formula is C15H20N4O4S. The average molecular weight is 352 g/mol. The van der Waals surface area contributed by atoms with Crippen LogP contribution in [0.5, 0.6) is 5.75 Å². The van der Waals surface area contributed by atoms with Gasteiger partial charge in [-0.2, -0.15) is 0 Å². The largest absolute Gasteiger partial charge is 0.508 e. The second-order valence-corrected chi connectivity index (χ2v) is 6.46. The van der Waals surface area contributed by atoms with Gasteiger partial charge in [0.1, 0.15) is 22.5 Å². The van der Waals surface area contributed by atoms with Gasteiger partial charge in [-0.15, -0.1) is 11.8 Å². The number of aromatic nitrogens is 1. The Kier molecular flexibility index (Phi) is 6.02. The molecule has 1 aliphatic heterocycles. The Balaban J connectivity index is 2.15. The molecule has 2 heterocycles. The van der Waals surface area contributed by atoms with Gasteiger partial charge in [-0.1, -0.05) is 18.5 Å². The lowest BCUT2D eigenvalue weighted by Gasteiger charge is -2.19. The zero-order valence-electron chi connectivity index (χ0n) is 13.4. The van der Waals surface area contributed by atoms with Crippen LogP contribution in [0.4, 0.5) is 0 Å². The summed E-state index contributed by atoms with van der Waals surface area (Å²) >= 11 is 1.35. The third-order valence-corrected chi connectivity index (χ3v) is 4.69. The van der Waals surface area contributed by atoms with E-state index in [1.807, 2.05) is 6.92 Å². The van der Waals surface area contributed by atoms with E-state index in [2.05, 4.69) is 20.4 Å². The fourth-order valence-corrected chi connectivity index (χ4v) is 3.34.